The number of Topliss-reactive ketones (excluding diaryl/α,β-unsaturated/α-hetero) is 1. The van der Waals surface area contributed by atoms with Gasteiger partial charge in [0.05, 0.1) is 5.52 Å². The molecular weight excluding hydrogens is 210 g/mol. The number of aromatic nitrogens is 1. The Bertz CT molecular complexity index is 634. The van der Waals surface area contributed by atoms with Crippen molar-refractivity contribution in [2.75, 3.05) is 0 Å². The molecule has 2 heteroatoms. The van der Waals surface area contributed by atoms with Crippen LogP contribution in [0.3, 0.4) is 0 Å². The van der Waals surface area contributed by atoms with Gasteiger partial charge in [0.25, 0.3) is 0 Å². The summed E-state index contributed by atoms with van der Waals surface area (Å²) in [4.78, 5) is 12.1. The Balaban J connectivity index is 2.49. The number of ketones is 1. The van der Waals surface area contributed by atoms with Crippen molar-refractivity contribution in [2.45, 2.75) is 33.1 Å². The molecule has 0 N–H and O–H groups in total. The van der Waals surface area contributed by atoms with E-state index in [-0.39, 0.29) is 0 Å². The van der Waals surface area contributed by atoms with Crippen molar-refractivity contribution in [3.63, 3.8) is 0 Å². The van der Waals surface area contributed by atoms with Gasteiger partial charge < -0.3 is 4.57 Å². The van der Waals surface area contributed by atoms with Crippen molar-refractivity contribution >= 4 is 16.7 Å². The lowest BCUT2D eigenvalue weighted by atomic mass is 9.93. The third-order valence-electron chi connectivity index (χ3n) is 3.84. The van der Waals surface area contributed by atoms with Crippen LogP contribution in [0.5, 0.6) is 0 Å². The summed E-state index contributed by atoms with van der Waals surface area (Å²) in [7, 11) is 2.09. The zero-order valence-corrected chi connectivity index (χ0v) is 10.6. The third-order valence-corrected chi connectivity index (χ3v) is 3.84. The lowest BCUT2D eigenvalue weighted by Crippen LogP contribution is -2.11. The van der Waals surface area contributed by atoms with Gasteiger partial charge in [-0.2, -0.15) is 0 Å². The molecule has 0 bridgehead atoms. The molecule has 0 aliphatic heterocycles. The smallest absolute Gasteiger partial charge is 0.165 e. The Morgan fingerprint density at radius 1 is 1.18 bits per heavy atom. The summed E-state index contributed by atoms with van der Waals surface area (Å²) in [5.41, 5.74) is 5.95. The maximum atomic E-state index is 12.1. The molecule has 1 heterocycles. The van der Waals surface area contributed by atoms with Crippen LogP contribution in [-0.2, 0) is 13.5 Å². The molecule has 2 nitrogen and oxygen atoms in total. The van der Waals surface area contributed by atoms with Crippen molar-refractivity contribution < 1.29 is 4.79 Å². The average molecular weight is 227 g/mol. The molecule has 1 aliphatic carbocycles. The first-order valence-electron chi connectivity index (χ1n) is 6.21. The number of nitrogens with zero attached hydrogens (tertiary/aromatic N) is 1. The highest BCUT2D eigenvalue weighted by Crippen LogP contribution is 2.33. The summed E-state index contributed by atoms with van der Waals surface area (Å²) >= 11 is 0. The fourth-order valence-electron chi connectivity index (χ4n) is 3.20. The van der Waals surface area contributed by atoms with Crippen molar-refractivity contribution in [2.24, 2.45) is 7.05 Å². The van der Waals surface area contributed by atoms with Gasteiger partial charge in [-0.05, 0) is 38.3 Å². The molecule has 2 aromatic rings. The minimum absolute atomic E-state index is 0.321. The predicted molar refractivity (Wildman–Crippen MR) is 69.7 cm³/mol. The zero-order valence-electron chi connectivity index (χ0n) is 10.6. The number of benzene rings is 1. The second-order valence-electron chi connectivity index (χ2n) is 5.14. The topological polar surface area (TPSA) is 22.0 Å². The van der Waals surface area contributed by atoms with Crippen LogP contribution < -0.4 is 0 Å². The Kier molecular flexibility index (Phi) is 2.15. The van der Waals surface area contributed by atoms with Gasteiger partial charge in [-0.1, -0.05) is 11.6 Å². The van der Waals surface area contributed by atoms with Gasteiger partial charge in [-0.3, -0.25) is 4.79 Å². The highest BCUT2D eigenvalue weighted by Gasteiger charge is 2.25. The summed E-state index contributed by atoms with van der Waals surface area (Å²) < 4.78 is 2.22. The minimum atomic E-state index is 0.321. The number of hydrogen-bond acceptors (Lipinski definition) is 1. The second-order valence-corrected chi connectivity index (χ2v) is 5.14. The number of hydrogen-bond donors (Lipinski definition) is 0. The average Bonchev–Trinajstić information content (AvgIpc) is 2.54. The normalized spacial score (nSPS) is 15.4. The Labute approximate surface area is 101 Å². The predicted octanol–water partition coefficient (Wildman–Crippen LogP) is 3.31. The highest BCUT2D eigenvalue weighted by molar-refractivity contribution is 6.11. The van der Waals surface area contributed by atoms with Crippen LogP contribution in [0.25, 0.3) is 10.9 Å². The molecule has 17 heavy (non-hydrogen) atoms. The van der Waals surface area contributed by atoms with Gasteiger partial charge in [0, 0.05) is 30.1 Å². The molecule has 1 aliphatic rings. The molecule has 1 aromatic carbocycles. The van der Waals surface area contributed by atoms with Gasteiger partial charge in [-0.25, -0.2) is 0 Å². The maximum absolute atomic E-state index is 12.1. The van der Waals surface area contributed by atoms with Gasteiger partial charge in [0.15, 0.2) is 5.78 Å². The number of carbonyl (C=O) groups is 1. The minimum Gasteiger partial charge on any atom is -0.347 e. The molecular formula is C15H17NO. The summed E-state index contributed by atoms with van der Waals surface area (Å²) in [6.07, 6.45) is 2.73. The molecule has 0 saturated carbocycles. The van der Waals surface area contributed by atoms with Gasteiger partial charge >= 0.3 is 0 Å². The number of carbonyl (C=O) groups excluding carboxylic acids is 1. The van der Waals surface area contributed by atoms with Crippen LogP contribution in [0, 0.1) is 13.8 Å². The SMILES string of the molecule is Cc1cc(C)c2c(c1)c1c(n2C)CCCC1=O. The summed E-state index contributed by atoms with van der Waals surface area (Å²) in [5.74, 6) is 0.321. The van der Waals surface area contributed by atoms with Crippen LogP contribution in [0.4, 0.5) is 0 Å². The van der Waals surface area contributed by atoms with E-state index in [0.717, 1.165) is 23.8 Å². The zero-order chi connectivity index (χ0) is 12.2. The fraction of sp³-hybridized carbons (Fsp3) is 0.400. The number of fused-ring (bicyclic) bond motifs is 3. The van der Waals surface area contributed by atoms with E-state index in [1.54, 1.807) is 0 Å². The largest absolute Gasteiger partial charge is 0.347 e. The van der Waals surface area contributed by atoms with Gasteiger partial charge in [0.2, 0.25) is 0 Å². The van der Waals surface area contributed by atoms with Crippen molar-refractivity contribution in [1.29, 1.82) is 0 Å². The molecule has 3 rings (SSSR count). The number of aryl methyl sites for hydroxylation is 3. The van der Waals surface area contributed by atoms with Crippen molar-refractivity contribution in [3.8, 4) is 0 Å². The van der Waals surface area contributed by atoms with Gasteiger partial charge in [0.1, 0.15) is 0 Å². The van der Waals surface area contributed by atoms with E-state index < -0.39 is 0 Å². The second kappa shape index (κ2) is 3.46. The van der Waals surface area contributed by atoms with Crippen LogP contribution >= 0.6 is 0 Å². The first kappa shape index (κ1) is 10.6. The molecule has 0 atom stereocenters. The summed E-state index contributed by atoms with van der Waals surface area (Å²) in [6, 6.07) is 4.35. The van der Waals surface area contributed by atoms with E-state index in [0.29, 0.717) is 12.2 Å². The van der Waals surface area contributed by atoms with E-state index in [2.05, 4.69) is 37.6 Å². The van der Waals surface area contributed by atoms with E-state index in [4.69, 9.17) is 0 Å². The molecule has 88 valence electrons. The van der Waals surface area contributed by atoms with E-state index >= 15 is 0 Å². The molecule has 1 aromatic heterocycles. The quantitative estimate of drug-likeness (QED) is 0.676. The Morgan fingerprint density at radius 3 is 2.71 bits per heavy atom. The van der Waals surface area contributed by atoms with Crippen LogP contribution in [0.1, 0.15) is 40.0 Å². The lowest BCUT2D eigenvalue weighted by Gasteiger charge is -2.12. The molecule has 0 amide bonds. The fourth-order valence-corrected chi connectivity index (χ4v) is 3.20. The first-order chi connectivity index (χ1) is 8.09. The number of rotatable bonds is 0. The molecule has 0 fully saturated rings. The van der Waals surface area contributed by atoms with Crippen molar-refractivity contribution in [3.05, 3.63) is 34.5 Å². The Hall–Kier alpha value is -1.57. The van der Waals surface area contributed by atoms with E-state index in [9.17, 15) is 4.79 Å². The van der Waals surface area contributed by atoms with Gasteiger partial charge in [-0.15, -0.1) is 0 Å². The molecule has 0 unspecified atom stereocenters. The third kappa shape index (κ3) is 1.36. The summed E-state index contributed by atoms with van der Waals surface area (Å²) in [5, 5.41) is 1.16. The van der Waals surface area contributed by atoms with Crippen LogP contribution in [-0.4, -0.2) is 10.4 Å². The summed E-state index contributed by atoms with van der Waals surface area (Å²) in [6.45, 7) is 4.23. The first-order valence-corrected chi connectivity index (χ1v) is 6.21. The van der Waals surface area contributed by atoms with E-state index in [1.807, 2.05) is 0 Å². The van der Waals surface area contributed by atoms with Crippen LogP contribution in [0.15, 0.2) is 12.1 Å². The van der Waals surface area contributed by atoms with Crippen LogP contribution in [0.2, 0.25) is 0 Å². The van der Waals surface area contributed by atoms with E-state index in [1.165, 1.54) is 22.3 Å². The molecule has 0 radical (unpaired) electrons. The standard InChI is InChI=1S/C15H17NO/c1-9-7-10(2)15-11(8-9)14-12(16(15)3)5-4-6-13(14)17/h7-8H,4-6H2,1-3H3. The highest BCUT2D eigenvalue weighted by atomic mass is 16.1. The Morgan fingerprint density at radius 2 is 1.94 bits per heavy atom. The maximum Gasteiger partial charge on any atom is 0.165 e. The molecule has 0 saturated heterocycles. The van der Waals surface area contributed by atoms with Crippen molar-refractivity contribution in [1.82, 2.24) is 4.57 Å². The monoisotopic (exact) mass is 227 g/mol. The molecule has 0 spiro atoms. The lowest BCUT2D eigenvalue weighted by molar-refractivity contribution is 0.0973.